The van der Waals surface area contributed by atoms with Gasteiger partial charge in [0.15, 0.2) is 0 Å². The summed E-state index contributed by atoms with van der Waals surface area (Å²) >= 11 is 0. The molecule has 0 aliphatic heterocycles. The number of carbonyl (C=O) groups is 1. The summed E-state index contributed by atoms with van der Waals surface area (Å²) in [6.45, 7) is 10.8. The minimum Gasteiger partial charge on any atom is -0.394 e. The highest BCUT2D eigenvalue weighted by molar-refractivity contribution is 5.89. The van der Waals surface area contributed by atoms with Crippen molar-refractivity contribution < 1.29 is 9.90 Å². The summed E-state index contributed by atoms with van der Waals surface area (Å²) < 4.78 is 1.80. The lowest BCUT2D eigenvalue weighted by molar-refractivity contribution is 0.162. The molecule has 20 heavy (non-hydrogen) atoms. The zero-order valence-electron chi connectivity index (χ0n) is 13.0. The molecule has 0 fully saturated rings. The van der Waals surface area contributed by atoms with Crippen molar-refractivity contribution in [2.24, 2.45) is 11.3 Å². The highest BCUT2D eigenvalue weighted by Crippen LogP contribution is 2.18. The van der Waals surface area contributed by atoms with Crippen LogP contribution in [0.5, 0.6) is 0 Å². The number of urea groups is 1. The number of amides is 2. The van der Waals surface area contributed by atoms with Crippen molar-refractivity contribution in [2.75, 3.05) is 11.9 Å². The molecule has 1 heterocycles. The van der Waals surface area contributed by atoms with Crippen LogP contribution in [0.25, 0.3) is 0 Å². The number of nitrogens with zero attached hydrogens (tertiary/aromatic N) is 2. The third-order valence-corrected chi connectivity index (χ3v) is 2.98. The van der Waals surface area contributed by atoms with Gasteiger partial charge in [-0.3, -0.25) is 4.68 Å². The van der Waals surface area contributed by atoms with Gasteiger partial charge in [0.2, 0.25) is 0 Å². The van der Waals surface area contributed by atoms with Gasteiger partial charge in [-0.15, -0.1) is 0 Å². The molecule has 2 amide bonds. The van der Waals surface area contributed by atoms with Crippen LogP contribution in [0.2, 0.25) is 0 Å². The largest absolute Gasteiger partial charge is 0.394 e. The van der Waals surface area contributed by atoms with Crippen LogP contribution < -0.4 is 10.6 Å². The fourth-order valence-corrected chi connectivity index (χ4v) is 1.76. The lowest BCUT2D eigenvalue weighted by Gasteiger charge is -2.29. The molecule has 0 unspecified atom stereocenters. The van der Waals surface area contributed by atoms with Crippen LogP contribution in [0.3, 0.4) is 0 Å². The van der Waals surface area contributed by atoms with Crippen molar-refractivity contribution in [3.8, 4) is 0 Å². The molecule has 0 saturated carbocycles. The van der Waals surface area contributed by atoms with Crippen LogP contribution in [0.15, 0.2) is 12.4 Å². The Labute approximate surface area is 120 Å². The van der Waals surface area contributed by atoms with Gasteiger partial charge < -0.3 is 15.7 Å². The first kappa shape index (κ1) is 16.5. The molecule has 1 rings (SSSR count). The average Bonchev–Trinajstić information content (AvgIpc) is 2.70. The first-order valence-electron chi connectivity index (χ1n) is 6.93. The van der Waals surface area contributed by atoms with E-state index >= 15 is 0 Å². The van der Waals surface area contributed by atoms with Gasteiger partial charge in [0, 0.05) is 12.7 Å². The molecule has 0 aliphatic carbocycles. The van der Waals surface area contributed by atoms with Gasteiger partial charge in [-0.25, -0.2) is 4.79 Å². The summed E-state index contributed by atoms with van der Waals surface area (Å²) in [7, 11) is 0. The molecule has 1 aromatic rings. The Balaban J connectivity index is 2.56. The van der Waals surface area contributed by atoms with E-state index in [0.717, 1.165) is 6.54 Å². The fraction of sp³-hybridized carbons (Fsp3) is 0.714. The van der Waals surface area contributed by atoms with Crippen molar-refractivity contribution in [3.05, 3.63) is 12.4 Å². The molecule has 1 aromatic heterocycles. The molecule has 1 atom stereocenters. The minimum atomic E-state index is -0.330. The van der Waals surface area contributed by atoms with Gasteiger partial charge in [0.1, 0.15) is 0 Å². The zero-order valence-corrected chi connectivity index (χ0v) is 13.0. The molecular formula is C14H26N4O2. The van der Waals surface area contributed by atoms with Crippen LogP contribution in [-0.4, -0.2) is 33.6 Å². The van der Waals surface area contributed by atoms with Crippen molar-refractivity contribution in [1.82, 2.24) is 15.1 Å². The number of hydrogen-bond acceptors (Lipinski definition) is 3. The standard InChI is InChI=1S/C14H26N4O2/c1-10(2)7-18-8-11(6-15-18)16-13(20)17-12(9-19)14(3,4)5/h6,8,10,12,19H,7,9H2,1-5H3,(H2,16,17,20)/t12-/m1/s1. The minimum absolute atomic E-state index is 0.0937. The molecule has 0 saturated heterocycles. The molecule has 0 aliphatic rings. The van der Waals surface area contributed by atoms with E-state index < -0.39 is 0 Å². The third kappa shape index (κ3) is 5.21. The van der Waals surface area contributed by atoms with Gasteiger partial charge in [-0.1, -0.05) is 34.6 Å². The summed E-state index contributed by atoms with van der Waals surface area (Å²) in [4.78, 5) is 11.9. The number of aliphatic hydroxyl groups is 1. The van der Waals surface area contributed by atoms with E-state index in [-0.39, 0.29) is 24.1 Å². The monoisotopic (exact) mass is 282 g/mol. The molecule has 3 N–H and O–H groups in total. The van der Waals surface area contributed by atoms with Gasteiger partial charge in [0.25, 0.3) is 0 Å². The molecular weight excluding hydrogens is 256 g/mol. The van der Waals surface area contributed by atoms with Gasteiger partial charge >= 0.3 is 6.03 Å². The maximum atomic E-state index is 11.9. The zero-order chi connectivity index (χ0) is 15.3. The Kier molecular flexibility index (Phi) is 5.56. The first-order valence-corrected chi connectivity index (χ1v) is 6.93. The number of anilines is 1. The second kappa shape index (κ2) is 6.74. The second-order valence-electron chi connectivity index (χ2n) is 6.54. The molecule has 0 bridgehead atoms. The number of carbonyl (C=O) groups excluding carboxylic acids is 1. The lowest BCUT2D eigenvalue weighted by Crippen LogP contribution is -2.47. The SMILES string of the molecule is CC(C)Cn1cc(NC(=O)N[C@H](CO)C(C)(C)C)cn1. The number of aromatic nitrogens is 2. The maximum absolute atomic E-state index is 11.9. The normalized spacial score (nSPS) is 13.3. The predicted molar refractivity (Wildman–Crippen MR) is 79.5 cm³/mol. The summed E-state index contributed by atoms with van der Waals surface area (Å²) in [6, 6.07) is -0.628. The number of aliphatic hydroxyl groups excluding tert-OH is 1. The average molecular weight is 282 g/mol. The van der Waals surface area contributed by atoms with Crippen molar-refractivity contribution in [1.29, 1.82) is 0 Å². The topological polar surface area (TPSA) is 79.2 Å². The highest BCUT2D eigenvalue weighted by atomic mass is 16.3. The van der Waals surface area contributed by atoms with E-state index in [1.165, 1.54) is 0 Å². The van der Waals surface area contributed by atoms with Gasteiger partial charge in [-0.2, -0.15) is 5.10 Å². The summed E-state index contributed by atoms with van der Waals surface area (Å²) in [6.07, 6.45) is 3.41. The third-order valence-electron chi connectivity index (χ3n) is 2.98. The van der Waals surface area contributed by atoms with Crippen molar-refractivity contribution in [2.45, 2.75) is 47.2 Å². The predicted octanol–water partition coefficient (Wildman–Crippen LogP) is 2.07. The second-order valence-corrected chi connectivity index (χ2v) is 6.54. The van der Waals surface area contributed by atoms with Gasteiger partial charge in [-0.05, 0) is 11.3 Å². The molecule has 6 nitrogen and oxygen atoms in total. The smallest absolute Gasteiger partial charge is 0.319 e. The van der Waals surface area contributed by atoms with E-state index in [9.17, 15) is 9.90 Å². The van der Waals surface area contributed by atoms with E-state index in [0.29, 0.717) is 11.6 Å². The van der Waals surface area contributed by atoms with Crippen LogP contribution in [-0.2, 0) is 6.54 Å². The molecule has 0 radical (unpaired) electrons. The van der Waals surface area contributed by atoms with E-state index in [1.54, 1.807) is 17.1 Å². The Morgan fingerprint density at radius 1 is 1.45 bits per heavy atom. The first-order chi connectivity index (χ1) is 9.22. The Morgan fingerprint density at radius 3 is 2.60 bits per heavy atom. The van der Waals surface area contributed by atoms with E-state index in [2.05, 4.69) is 29.6 Å². The highest BCUT2D eigenvalue weighted by Gasteiger charge is 2.25. The molecule has 6 heteroatoms. The summed E-state index contributed by atoms with van der Waals surface area (Å²) in [5, 5.41) is 19.0. The maximum Gasteiger partial charge on any atom is 0.319 e. The Morgan fingerprint density at radius 2 is 2.10 bits per heavy atom. The molecule has 0 aromatic carbocycles. The van der Waals surface area contributed by atoms with Crippen LogP contribution in [0.1, 0.15) is 34.6 Å². The van der Waals surface area contributed by atoms with E-state index in [1.807, 2.05) is 20.8 Å². The van der Waals surface area contributed by atoms with Crippen molar-refractivity contribution in [3.63, 3.8) is 0 Å². The Hall–Kier alpha value is -1.56. The molecule has 0 spiro atoms. The van der Waals surface area contributed by atoms with Gasteiger partial charge in [0.05, 0.1) is 24.5 Å². The van der Waals surface area contributed by atoms with Crippen molar-refractivity contribution >= 4 is 11.7 Å². The fourth-order valence-electron chi connectivity index (χ4n) is 1.76. The van der Waals surface area contributed by atoms with E-state index in [4.69, 9.17) is 0 Å². The number of rotatable bonds is 5. The number of hydrogen-bond donors (Lipinski definition) is 3. The Bertz CT molecular complexity index is 435. The summed E-state index contributed by atoms with van der Waals surface area (Å²) in [5.74, 6) is 0.497. The quantitative estimate of drug-likeness (QED) is 0.773. The number of nitrogens with one attached hydrogen (secondary N) is 2. The summed E-state index contributed by atoms with van der Waals surface area (Å²) in [5.41, 5.74) is 0.447. The van der Waals surface area contributed by atoms with Crippen LogP contribution >= 0.6 is 0 Å². The van der Waals surface area contributed by atoms with Crippen LogP contribution in [0.4, 0.5) is 10.5 Å². The lowest BCUT2D eigenvalue weighted by atomic mass is 9.87. The molecule has 114 valence electrons. The van der Waals surface area contributed by atoms with Crippen LogP contribution in [0, 0.1) is 11.3 Å².